The van der Waals surface area contributed by atoms with E-state index in [1.807, 2.05) is 25.7 Å². The van der Waals surface area contributed by atoms with E-state index >= 15 is 0 Å². The van der Waals surface area contributed by atoms with Crippen LogP contribution in [0.3, 0.4) is 0 Å². The molecule has 1 saturated heterocycles. The first-order chi connectivity index (χ1) is 9.71. The average Bonchev–Trinajstić information content (AvgIpc) is 2.58. The Kier molecular flexibility index (Phi) is 4.49. The van der Waals surface area contributed by atoms with Crippen molar-refractivity contribution in [1.29, 1.82) is 0 Å². The fourth-order valence-corrected chi connectivity index (χ4v) is 2.93. The smallest absolute Gasteiger partial charge is 0.410 e. The van der Waals surface area contributed by atoms with Gasteiger partial charge < -0.3 is 14.5 Å². The van der Waals surface area contributed by atoms with Crippen molar-refractivity contribution in [3.8, 4) is 0 Å². The highest BCUT2D eigenvalue weighted by atomic mass is 16.6. The van der Waals surface area contributed by atoms with Crippen LogP contribution in [0.4, 0.5) is 4.79 Å². The third-order valence-electron chi connectivity index (χ3n) is 4.41. The Morgan fingerprint density at radius 3 is 2.05 bits per heavy atom. The Morgan fingerprint density at radius 1 is 0.952 bits per heavy atom. The number of amides is 2. The molecule has 2 rings (SSSR count). The normalized spacial score (nSPS) is 22.3. The number of hydrogen-bond acceptors (Lipinski definition) is 3. The van der Waals surface area contributed by atoms with Gasteiger partial charge in [0.1, 0.15) is 5.60 Å². The second-order valence-electron chi connectivity index (χ2n) is 7.53. The topological polar surface area (TPSA) is 49.9 Å². The van der Waals surface area contributed by atoms with Gasteiger partial charge in [-0.3, -0.25) is 4.79 Å². The summed E-state index contributed by atoms with van der Waals surface area (Å²) in [6.45, 7) is 10.3. The van der Waals surface area contributed by atoms with E-state index in [1.165, 1.54) is 0 Å². The third kappa shape index (κ3) is 3.89. The Balaban J connectivity index is 1.90. The van der Waals surface area contributed by atoms with Crippen molar-refractivity contribution in [1.82, 2.24) is 9.80 Å². The van der Waals surface area contributed by atoms with E-state index in [4.69, 9.17) is 4.74 Å². The van der Waals surface area contributed by atoms with E-state index in [9.17, 15) is 9.59 Å². The van der Waals surface area contributed by atoms with Gasteiger partial charge in [-0.05, 0) is 40.0 Å². The van der Waals surface area contributed by atoms with Crippen LogP contribution in [0.2, 0.25) is 0 Å². The molecule has 120 valence electrons. The van der Waals surface area contributed by atoms with Gasteiger partial charge in [0, 0.05) is 31.6 Å². The summed E-state index contributed by atoms with van der Waals surface area (Å²) < 4.78 is 5.41. The van der Waals surface area contributed by atoms with Crippen LogP contribution < -0.4 is 0 Å². The number of hydrogen-bond donors (Lipinski definition) is 0. The van der Waals surface area contributed by atoms with E-state index in [0.717, 1.165) is 32.2 Å². The van der Waals surface area contributed by atoms with Crippen LogP contribution in [0.15, 0.2) is 0 Å². The molecule has 0 aromatic rings. The monoisotopic (exact) mass is 296 g/mol. The van der Waals surface area contributed by atoms with Crippen molar-refractivity contribution in [2.75, 3.05) is 26.2 Å². The molecular weight excluding hydrogens is 268 g/mol. The Bertz CT molecular complexity index is 410. The molecule has 1 saturated carbocycles. The lowest BCUT2D eigenvalue weighted by atomic mass is 9.69. The maximum absolute atomic E-state index is 12.6. The maximum Gasteiger partial charge on any atom is 0.410 e. The van der Waals surface area contributed by atoms with Crippen LogP contribution in [0.25, 0.3) is 0 Å². The molecule has 1 aliphatic carbocycles. The quantitative estimate of drug-likeness (QED) is 0.747. The first kappa shape index (κ1) is 16.1. The highest BCUT2D eigenvalue weighted by molar-refractivity contribution is 5.83. The molecule has 2 fully saturated rings. The second-order valence-corrected chi connectivity index (χ2v) is 7.53. The minimum absolute atomic E-state index is 0.152. The molecule has 0 aromatic carbocycles. The Labute approximate surface area is 127 Å². The van der Waals surface area contributed by atoms with Gasteiger partial charge in [0.05, 0.1) is 0 Å². The van der Waals surface area contributed by atoms with Crippen LogP contribution in [-0.4, -0.2) is 53.6 Å². The van der Waals surface area contributed by atoms with Crippen molar-refractivity contribution in [3.63, 3.8) is 0 Å². The summed E-state index contributed by atoms with van der Waals surface area (Å²) in [4.78, 5) is 28.3. The Hall–Kier alpha value is -1.26. The van der Waals surface area contributed by atoms with E-state index in [0.29, 0.717) is 19.6 Å². The summed E-state index contributed by atoms with van der Waals surface area (Å²) in [6.07, 6.45) is 3.70. The van der Waals surface area contributed by atoms with Gasteiger partial charge in [-0.1, -0.05) is 13.3 Å². The predicted octanol–water partition coefficient (Wildman–Crippen LogP) is 2.65. The SMILES string of the molecule is CC(C)(C)OC(=O)N1CCCN(C(=O)C2(C)CCC2)CC1. The minimum atomic E-state index is -0.474. The van der Waals surface area contributed by atoms with E-state index in [1.54, 1.807) is 4.90 Å². The molecule has 0 aromatic heterocycles. The van der Waals surface area contributed by atoms with Crippen LogP contribution in [0.1, 0.15) is 53.4 Å². The summed E-state index contributed by atoms with van der Waals surface area (Å²) in [5, 5.41) is 0. The standard InChI is InChI=1S/C16H28N2O3/c1-15(2,3)21-14(20)18-10-6-9-17(11-12-18)13(19)16(4)7-5-8-16/h5-12H2,1-4H3. The van der Waals surface area contributed by atoms with Gasteiger partial charge >= 0.3 is 6.09 Å². The molecule has 0 radical (unpaired) electrons. The van der Waals surface area contributed by atoms with Crippen LogP contribution in [-0.2, 0) is 9.53 Å². The fraction of sp³-hybridized carbons (Fsp3) is 0.875. The zero-order valence-corrected chi connectivity index (χ0v) is 13.8. The zero-order chi connectivity index (χ0) is 15.7. The second kappa shape index (κ2) is 5.85. The van der Waals surface area contributed by atoms with Gasteiger partial charge in [-0.2, -0.15) is 0 Å². The molecule has 21 heavy (non-hydrogen) atoms. The minimum Gasteiger partial charge on any atom is -0.444 e. The molecular formula is C16H28N2O3. The fourth-order valence-electron chi connectivity index (χ4n) is 2.93. The van der Waals surface area contributed by atoms with Crippen LogP contribution in [0.5, 0.6) is 0 Å². The number of carbonyl (C=O) groups excluding carboxylic acids is 2. The molecule has 0 atom stereocenters. The lowest BCUT2D eigenvalue weighted by Crippen LogP contribution is -2.47. The van der Waals surface area contributed by atoms with Crippen molar-refractivity contribution in [2.24, 2.45) is 5.41 Å². The molecule has 1 heterocycles. The molecule has 2 amide bonds. The van der Waals surface area contributed by atoms with Crippen molar-refractivity contribution >= 4 is 12.0 Å². The molecule has 5 heteroatoms. The average molecular weight is 296 g/mol. The first-order valence-electron chi connectivity index (χ1n) is 7.99. The summed E-state index contributed by atoms with van der Waals surface area (Å²) in [5.74, 6) is 0.264. The van der Waals surface area contributed by atoms with Crippen molar-refractivity contribution in [2.45, 2.75) is 59.0 Å². The van der Waals surface area contributed by atoms with Crippen LogP contribution in [0, 0.1) is 5.41 Å². The van der Waals surface area contributed by atoms with E-state index in [-0.39, 0.29) is 17.4 Å². The van der Waals surface area contributed by atoms with Gasteiger partial charge in [0.15, 0.2) is 0 Å². The summed E-state index contributed by atoms with van der Waals surface area (Å²) in [5.41, 5.74) is -0.626. The van der Waals surface area contributed by atoms with E-state index < -0.39 is 5.60 Å². The van der Waals surface area contributed by atoms with Crippen molar-refractivity contribution in [3.05, 3.63) is 0 Å². The summed E-state index contributed by atoms with van der Waals surface area (Å²) in [6, 6.07) is 0. The summed E-state index contributed by atoms with van der Waals surface area (Å²) in [7, 11) is 0. The Morgan fingerprint density at radius 2 is 1.52 bits per heavy atom. The maximum atomic E-state index is 12.6. The van der Waals surface area contributed by atoms with Crippen molar-refractivity contribution < 1.29 is 14.3 Å². The summed E-state index contributed by atoms with van der Waals surface area (Å²) >= 11 is 0. The van der Waals surface area contributed by atoms with Gasteiger partial charge in [-0.15, -0.1) is 0 Å². The van der Waals surface area contributed by atoms with E-state index in [2.05, 4.69) is 6.92 Å². The molecule has 5 nitrogen and oxygen atoms in total. The van der Waals surface area contributed by atoms with Gasteiger partial charge in [0.25, 0.3) is 0 Å². The predicted molar refractivity (Wildman–Crippen MR) is 81.0 cm³/mol. The molecule has 0 N–H and O–H groups in total. The van der Waals surface area contributed by atoms with Gasteiger partial charge in [-0.25, -0.2) is 4.79 Å². The molecule has 0 spiro atoms. The van der Waals surface area contributed by atoms with Crippen LogP contribution >= 0.6 is 0 Å². The number of rotatable bonds is 1. The number of nitrogens with zero attached hydrogens (tertiary/aromatic N) is 2. The molecule has 1 aliphatic heterocycles. The lowest BCUT2D eigenvalue weighted by Gasteiger charge is -2.40. The highest BCUT2D eigenvalue weighted by Gasteiger charge is 2.42. The zero-order valence-electron chi connectivity index (χ0n) is 13.8. The lowest BCUT2D eigenvalue weighted by molar-refractivity contribution is -0.145. The molecule has 0 bridgehead atoms. The number of carbonyl (C=O) groups is 2. The first-order valence-corrected chi connectivity index (χ1v) is 7.99. The molecule has 2 aliphatic rings. The molecule has 0 unspecified atom stereocenters. The number of ether oxygens (including phenoxy) is 1. The third-order valence-corrected chi connectivity index (χ3v) is 4.41. The largest absolute Gasteiger partial charge is 0.444 e. The van der Waals surface area contributed by atoms with Gasteiger partial charge in [0.2, 0.25) is 5.91 Å². The highest BCUT2D eigenvalue weighted by Crippen LogP contribution is 2.42.